The number of nitriles is 1. The topological polar surface area (TPSA) is 96.8 Å². The molecule has 32 heavy (non-hydrogen) atoms. The van der Waals surface area contributed by atoms with Gasteiger partial charge in [-0.25, -0.2) is 0 Å². The minimum absolute atomic E-state index is 0.0135. The highest BCUT2D eigenvalue weighted by Gasteiger charge is 2.18. The van der Waals surface area contributed by atoms with Gasteiger partial charge in [0, 0.05) is 12.8 Å². The van der Waals surface area contributed by atoms with Crippen molar-refractivity contribution in [2.45, 2.75) is 26.8 Å². The summed E-state index contributed by atoms with van der Waals surface area (Å²) in [4.78, 5) is 17.2. The highest BCUT2D eigenvalue weighted by atomic mass is 16.5. The number of rotatable bonds is 7. The van der Waals surface area contributed by atoms with Gasteiger partial charge in [0.15, 0.2) is 11.5 Å². The van der Waals surface area contributed by atoms with Crippen LogP contribution in [0.2, 0.25) is 0 Å². The maximum absolute atomic E-state index is 12.8. The Hall–Kier alpha value is -4.05. The van der Waals surface area contributed by atoms with E-state index in [9.17, 15) is 15.2 Å². The average molecular weight is 431 g/mol. The number of aromatic hydroxyl groups is 1. The van der Waals surface area contributed by atoms with E-state index in [1.807, 2.05) is 49.4 Å². The first-order chi connectivity index (χ1) is 15.4. The van der Waals surface area contributed by atoms with Crippen LogP contribution in [0.4, 0.5) is 5.69 Å². The SMILES string of the molecule is COc1ccc(CCn2c(O)c(C=Nc3ccc(C)cc3)c(C)c(C#N)c2=O)cc1OC. The Labute approximate surface area is 186 Å². The molecule has 0 saturated carbocycles. The van der Waals surface area contributed by atoms with Crippen LogP contribution in [0.15, 0.2) is 52.3 Å². The number of nitrogens with zero attached hydrogens (tertiary/aromatic N) is 3. The molecule has 3 aromatic rings. The second-order valence-electron chi connectivity index (χ2n) is 7.34. The number of methoxy groups -OCH3 is 2. The Morgan fingerprint density at radius 3 is 2.41 bits per heavy atom. The molecule has 7 heteroatoms. The molecule has 0 aliphatic rings. The first-order valence-electron chi connectivity index (χ1n) is 10.1. The second-order valence-corrected chi connectivity index (χ2v) is 7.34. The Bertz CT molecular complexity index is 1250. The lowest BCUT2D eigenvalue weighted by Gasteiger charge is -2.15. The van der Waals surface area contributed by atoms with Crippen molar-refractivity contribution >= 4 is 11.9 Å². The third-order valence-corrected chi connectivity index (χ3v) is 5.30. The molecule has 0 aliphatic carbocycles. The van der Waals surface area contributed by atoms with E-state index in [2.05, 4.69) is 4.99 Å². The van der Waals surface area contributed by atoms with Gasteiger partial charge in [0.25, 0.3) is 5.56 Å². The van der Waals surface area contributed by atoms with Gasteiger partial charge >= 0.3 is 0 Å². The van der Waals surface area contributed by atoms with Gasteiger partial charge in [-0.3, -0.25) is 14.4 Å². The van der Waals surface area contributed by atoms with Gasteiger partial charge in [0.2, 0.25) is 5.88 Å². The molecule has 1 aromatic heterocycles. The number of aliphatic imine (C=N–C) groups is 1. The fourth-order valence-corrected chi connectivity index (χ4v) is 3.38. The van der Waals surface area contributed by atoms with Crippen LogP contribution in [0.1, 0.15) is 27.8 Å². The standard InChI is InChI=1S/C25H25N3O4/c1-16-5-8-19(9-6-16)27-15-21-17(2)20(14-26)24(29)28(25(21)30)12-11-18-7-10-22(31-3)23(13-18)32-4/h5-10,13,15,30H,11-12H2,1-4H3. The third kappa shape index (κ3) is 4.65. The summed E-state index contributed by atoms with van der Waals surface area (Å²) >= 11 is 0. The molecule has 0 amide bonds. The molecule has 0 unspecified atom stereocenters. The molecule has 0 bridgehead atoms. The van der Waals surface area contributed by atoms with E-state index in [0.29, 0.717) is 34.7 Å². The summed E-state index contributed by atoms with van der Waals surface area (Å²) in [5.41, 5.74) is 2.90. The zero-order chi connectivity index (χ0) is 23.3. The molecule has 0 atom stereocenters. The van der Waals surface area contributed by atoms with Crippen molar-refractivity contribution < 1.29 is 14.6 Å². The molecule has 0 aliphatic heterocycles. The van der Waals surface area contributed by atoms with Crippen LogP contribution >= 0.6 is 0 Å². The normalized spacial score (nSPS) is 10.8. The fourth-order valence-electron chi connectivity index (χ4n) is 3.38. The molecular formula is C25H25N3O4. The van der Waals surface area contributed by atoms with Crippen LogP contribution in [0.5, 0.6) is 17.4 Å². The molecule has 1 N–H and O–H groups in total. The predicted molar refractivity (Wildman–Crippen MR) is 124 cm³/mol. The van der Waals surface area contributed by atoms with Crippen LogP contribution in [0.3, 0.4) is 0 Å². The summed E-state index contributed by atoms with van der Waals surface area (Å²) in [6.45, 7) is 3.80. The number of pyridine rings is 1. The largest absolute Gasteiger partial charge is 0.494 e. The van der Waals surface area contributed by atoms with E-state index in [1.54, 1.807) is 27.2 Å². The lowest BCUT2D eigenvalue weighted by atomic mass is 10.1. The molecule has 164 valence electrons. The van der Waals surface area contributed by atoms with Crippen LogP contribution in [-0.2, 0) is 13.0 Å². The molecular weight excluding hydrogens is 406 g/mol. The number of hydrogen-bond acceptors (Lipinski definition) is 6. The molecule has 0 saturated heterocycles. The molecule has 1 heterocycles. The van der Waals surface area contributed by atoms with Gasteiger partial charge in [-0.15, -0.1) is 0 Å². The number of aromatic nitrogens is 1. The molecule has 0 spiro atoms. The van der Waals surface area contributed by atoms with E-state index in [1.165, 1.54) is 10.8 Å². The van der Waals surface area contributed by atoms with E-state index in [4.69, 9.17) is 9.47 Å². The Morgan fingerprint density at radius 1 is 1.09 bits per heavy atom. The first kappa shape index (κ1) is 22.6. The van der Waals surface area contributed by atoms with Crippen molar-refractivity contribution in [1.29, 1.82) is 5.26 Å². The number of hydrogen-bond donors (Lipinski definition) is 1. The van der Waals surface area contributed by atoms with Gasteiger partial charge in [0.05, 0.1) is 25.5 Å². The van der Waals surface area contributed by atoms with E-state index in [-0.39, 0.29) is 18.0 Å². The van der Waals surface area contributed by atoms with E-state index < -0.39 is 5.56 Å². The minimum Gasteiger partial charge on any atom is -0.494 e. The molecule has 3 rings (SSSR count). The van der Waals surface area contributed by atoms with Gasteiger partial charge in [0.1, 0.15) is 11.6 Å². The lowest BCUT2D eigenvalue weighted by Crippen LogP contribution is -2.26. The van der Waals surface area contributed by atoms with Crippen molar-refractivity contribution in [2.75, 3.05) is 14.2 Å². The van der Waals surface area contributed by atoms with Crippen molar-refractivity contribution in [3.05, 3.63) is 80.6 Å². The third-order valence-electron chi connectivity index (χ3n) is 5.30. The van der Waals surface area contributed by atoms with E-state index in [0.717, 1.165) is 11.1 Å². The first-order valence-corrected chi connectivity index (χ1v) is 10.1. The Kier molecular flexibility index (Phi) is 6.96. The monoisotopic (exact) mass is 431 g/mol. The quantitative estimate of drug-likeness (QED) is 0.569. The fraction of sp³-hybridized carbons (Fsp3) is 0.240. The molecule has 0 fully saturated rings. The van der Waals surface area contributed by atoms with Crippen LogP contribution < -0.4 is 15.0 Å². The zero-order valence-electron chi connectivity index (χ0n) is 18.5. The Balaban J connectivity index is 1.97. The summed E-state index contributed by atoms with van der Waals surface area (Å²) in [5, 5.41) is 20.4. The summed E-state index contributed by atoms with van der Waals surface area (Å²) in [5.74, 6) is 0.963. The number of benzene rings is 2. The zero-order valence-corrected chi connectivity index (χ0v) is 18.5. The highest BCUT2D eigenvalue weighted by molar-refractivity contribution is 5.87. The van der Waals surface area contributed by atoms with Crippen LogP contribution in [0, 0.1) is 25.2 Å². The smallest absolute Gasteiger partial charge is 0.271 e. The second kappa shape index (κ2) is 9.84. The van der Waals surface area contributed by atoms with Gasteiger partial charge < -0.3 is 14.6 Å². The van der Waals surface area contributed by atoms with E-state index >= 15 is 0 Å². The van der Waals surface area contributed by atoms with Gasteiger partial charge in [-0.1, -0.05) is 23.8 Å². The van der Waals surface area contributed by atoms with Crippen molar-refractivity contribution in [3.63, 3.8) is 0 Å². The number of ether oxygens (including phenoxy) is 2. The lowest BCUT2D eigenvalue weighted by molar-refractivity contribution is 0.354. The summed E-state index contributed by atoms with van der Waals surface area (Å²) < 4.78 is 11.8. The highest BCUT2D eigenvalue weighted by Crippen LogP contribution is 2.28. The maximum atomic E-state index is 12.8. The molecule has 0 radical (unpaired) electrons. The number of aryl methyl sites for hydroxylation is 2. The van der Waals surface area contributed by atoms with Crippen molar-refractivity contribution in [2.24, 2.45) is 4.99 Å². The van der Waals surface area contributed by atoms with Crippen LogP contribution in [0.25, 0.3) is 0 Å². The minimum atomic E-state index is -0.532. The van der Waals surface area contributed by atoms with Crippen molar-refractivity contribution in [1.82, 2.24) is 4.57 Å². The summed E-state index contributed by atoms with van der Waals surface area (Å²) in [6.07, 6.45) is 1.93. The average Bonchev–Trinajstić information content (AvgIpc) is 2.80. The maximum Gasteiger partial charge on any atom is 0.271 e. The van der Waals surface area contributed by atoms with Gasteiger partial charge in [-0.2, -0.15) is 5.26 Å². The summed E-state index contributed by atoms with van der Waals surface area (Å²) in [6, 6.07) is 15.0. The predicted octanol–water partition coefficient (Wildman–Crippen LogP) is 4.05. The summed E-state index contributed by atoms with van der Waals surface area (Å²) in [7, 11) is 3.11. The molecule has 2 aromatic carbocycles. The van der Waals surface area contributed by atoms with Crippen molar-refractivity contribution in [3.8, 4) is 23.4 Å². The van der Waals surface area contributed by atoms with Gasteiger partial charge in [-0.05, 0) is 55.7 Å². The molecule has 7 nitrogen and oxygen atoms in total. The van der Waals surface area contributed by atoms with Crippen LogP contribution in [-0.4, -0.2) is 30.1 Å². The Morgan fingerprint density at radius 2 is 1.78 bits per heavy atom.